The highest BCUT2D eigenvalue weighted by atomic mass is 32.2. The average molecular weight is 471 g/mol. The van der Waals surface area contributed by atoms with Gasteiger partial charge < -0.3 is 10.8 Å². The number of fused-ring (bicyclic) bond motifs is 2. The molecule has 2 aliphatic rings. The third-order valence-corrected chi connectivity index (χ3v) is 7.60. The van der Waals surface area contributed by atoms with Crippen LogP contribution in [0.3, 0.4) is 0 Å². The molecule has 0 aromatic heterocycles. The monoisotopic (exact) mass is 470 g/mol. The third-order valence-electron chi connectivity index (χ3n) is 6.64. The van der Waals surface area contributed by atoms with E-state index in [9.17, 15) is 18.3 Å². The van der Waals surface area contributed by atoms with Crippen LogP contribution in [0.25, 0.3) is 16.7 Å². The van der Waals surface area contributed by atoms with E-state index in [-0.39, 0.29) is 17.2 Å². The molecule has 33 heavy (non-hydrogen) atoms. The number of hydrogen-bond donors (Lipinski definition) is 3. The summed E-state index contributed by atoms with van der Waals surface area (Å²) in [6.07, 6.45) is 2.52. The number of allylic oxidation sites excluding steroid dienone is 2. The Hall–Kier alpha value is -2.97. The molecule has 8 heteroatoms. The highest BCUT2D eigenvalue weighted by Gasteiger charge is 2.38. The van der Waals surface area contributed by atoms with Gasteiger partial charge in [-0.05, 0) is 85.9 Å². The Balaban J connectivity index is 1.88. The molecule has 0 saturated heterocycles. The van der Waals surface area contributed by atoms with Crippen molar-refractivity contribution in [3.05, 3.63) is 70.4 Å². The molecule has 2 aromatic carbocycles. The summed E-state index contributed by atoms with van der Waals surface area (Å²) in [5.74, 6) is -1.22. The molecule has 2 aromatic rings. The molecule has 1 amide bonds. The number of halogens is 1. The van der Waals surface area contributed by atoms with Crippen molar-refractivity contribution in [3.8, 4) is 11.1 Å². The quantitative estimate of drug-likeness (QED) is 0.583. The highest BCUT2D eigenvalue weighted by Crippen LogP contribution is 2.50. The van der Waals surface area contributed by atoms with Crippen LogP contribution in [0.5, 0.6) is 0 Å². The zero-order chi connectivity index (χ0) is 24.1. The molecule has 1 atom stereocenters. The van der Waals surface area contributed by atoms with Gasteiger partial charge in [0.1, 0.15) is 5.82 Å². The molecule has 0 saturated carbocycles. The summed E-state index contributed by atoms with van der Waals surface area (Å²) in [4.78, 5) is 12.1. The Morgan fingerprint density at radius 1 is 1.30 bits per heavy atom. The van der Waals surface area contributed by atoms with Gasteiger partial charge in [0.05, 0.1) is 5.60 Å². The summed E-state index contributed by atoms with van der Waals surface area (Å²) in [5.41, 5.74) is 9.41. The maximum Gasteiger partial charge on any atom is 0.254 e. The van der Waals surface area contributed by atoms with E-state index >= 15 is 4.39 Å². The van der Waals surface area contributed by atoms with Crippen molar-refractivity contribution >= 4 is 27.2 Å². The van der Waals surface area contributed by atoms with Gasteiger partial charge in [-0.2, -0.15) is 0 Å². The molecule has 4 N–H and O–H groups in total. The number of sulfonamides is 1. The van der Waals surface area contributed by atoms with E-state index in [1.807, 2.05) is 0 Å². The van der Waals surface area contributed by atoms with Gasteiger partial charge in [-0.3, -0.25) is 9.52 Å². The normalized spacial score (nSPS) is 18.0. The van der Waals surface area contributed by atoms with Crippen molar-refractivity contribution in [2.24, 2.45) is 11.7 Å². The Kier molecular flexibility index (Phi) is 5.70. The van der Waals surface area contributed by atoms with Gasteiger partial charge in [0.25, 0.3) is 10.0 Å². The number of carbonyl (C=O) groups is 1. The molecule has 2 aliphatic carbocycles. The second-order valence-electron chi connectivity index (χ2n) is 9.25. The SMILES string of the molecule is C=CS(=O)(=O)Nc1cccc(-c2c(F)cc(C(N)=O)c3c2C2=C(C3)C[C@H](C(C)(C)O)CC2)c1. The number of hydrogen-bond acceptors (Lipinski definition) is 4. The van der Waals surface area contributed by atoms with Crippen LogP contribution in [0.15, 0.2) is 47.9 Å². The molecule has 4 rings (SSSR count). The molecule has 0 radical (unpaired) electrons. The zero-order valence-corrected chi connectivity index (χ0v) is 19.4. The molecular formula is C25H27FN2O4S. The summed E-state index contributed by atoms with van der Waals surface area (Å²) in [7, 11) is -3.72. The average Bonchev–Trinajstić information content (AvgIpc) is 3.10. The Labute approximate surface area is 193 Å². The van der Waals surface area contributed by atoms with Crippen molar-refractivity contribution < 1.29 is 22.7 Å². The minimum absolute atomic E-state index is 0.0625. The van der Waals surface area contributed by atoms with Crippen LogP contribution in [0.2, 0.25) is 0 Å². The number of benzene rings is 2. The summed E-state index contributed by atoms with van der Waals surface area (Å²) < 4.78 is 41.7. The first kappa shape index (κ1) is 23.2. The molecule has 0 aliphatic heterocycles. The van der Waals surface area contributed by atoms with Gasteiger partial charge in [0.15, 0.2) is 0 Å². The van der Waals surface area contributed by atoms with E-state index in [1.54, 1.807) is 38.1 Å². The van der Waals surface area contributed by atoms with E-state index in [1.165, 1.54) is 6.07 Å². The molecule has 0 heterocycles. The molecular weight excluding hydrogens is 443 g/mol. The summed E-state index contributed by atoms with van der Waals surface area (Å²) in [5, 5.41) is 11.3. The summed E-state index contributed by atoms with van der Waals surface area (Å²) in [6, 6.07) is 7.64. The van der Waals surface area contributed by atoms with Crippen molar-refractivity contribution in [2.75, 3.05) is 4.72 Å². The minimum Gasteiger partial charge on any atom is -0.390 e. The zero-order valence-electron chi connectivity index (χ0n) is 18.6. The van der Waals surface area contributed by atoms with Gasteiger partial charge in [0.2, 0.25) is 5.91 Å². The van der Waals surface area contributed by atoms with Gasteiger partial charge in [0, 0.05) is 22.2 Å². The standard InChI is InChI=1S/C25H27FN2O4S/c1-4-33(31,32)28-17-7-5-6-14(11-17)22-21(26)13-20(24(27)29)19-12-15-10-16(25(2,3)30)8-9-18(15)23(19)22/h4-7,11,13,16,28,30H,1,8-10,12H2,2-3H3,(H2,27,29)/t16-/m1/s1. The fourth-order valence-electron chi connectivity index (χ4n) is 4.97. The van der Waals surface area contributed by atoms with Gasteiger partial charge >= 0.3 is 0 Å². The van der Waals surface area contributed by atoms with Crippen LogP contribution >= 0.6 is 0 Å². The Morgan fingerprint density at radius 3 is 2.67 bits per heavy atom. The number of aliphatic hydroxyl groups is 1. The number of nitrogens with one attached hydrogen (secondary N) is 1. The molecule has 0 spiro atoms. The fourth-order valence-corrected chi connectivity index (χ4v) is 5.51. The number of nitrogens with two attached hydrogens (primary N) is 1. The number of rotatable bonds is 6. The van der Waals surface area contributed by atoms with Crippen molar-refractivity contribution in [1.82, 2.24) is 0 Å². The van der Waals surface area contributed by atoms with Crippen LogP contribution < -0.4 is 10.5 Å². The lowest BCUT2D eigenvalue weighted by Gasteiger charge is -2.33. The largest absolute Gasteiger partial charge is 0.390 e. The Morgan fingerprint density at radius 2 is 2.03 bits per heavy atom. The molecule has 0 bridgehead atoms. The predicted molar refractivity (Wildman–Crippen MR) is 127 cm³/mol. The van der Waals surface area contributed by atoms with E-state index < -0.39 is 27.3 Å². The lowest BCUT2D eigenvalue weighted by atomic mass is 9.75. The van der Waals surface area contributed by atoms with E-state index in [2.05, 4.69) is 11.3 Å². The topological polar surface area (TPSA) is 109 Å². The maximum atomic E-state index is 15.5. The highest BCUT2D eigenvalue weighted by molar-refractivity contribution is 7.95. The van der Waals surface area contributed by atoms with Crippen LogP contribution in [0.4, 0.5) is 10.1 Å². The first-order valence-electron chi connectivity index (χ1n) is 10.8. The van der Waals surface area contributed by atoms with Crippen LogP contribution in [0, 0.1) is 11.7 Å². The van der Waals surface area contributed by atoms with Crippen LogP contribution in [-0.2, 0) is 16.4 Å². The Bertz CT molecular complexity index is 1310. The first-order valence-corrected chi connectivity index (χ1v) is 12.3. The second-order valence-corrected chi connectivity index (χ2v) is 10.9. The lowest BCUT2D eigenvalue weighted by molar-refractivity contribution is 0.0123. The third kappa shape index (κ3) is 4.32. The van der Waals surface area contributed by atoms with Crippen molar-refractivity contribution in [2.45, 2.75) is 45.1 Å². The summed E-state index contributed by atoms with van der Waals surface area (Å²) in [6.45, 7) is 6.87. The number of amides is 1. The molecule has 6 nitrogen and oxygen atoms in total. The number of primary amides is 1. The van der Waals surface area contributed by atoms with Crippen LogP contribution in [0.1, 0.15) is 54.6 Å². The number of anilines is 1. The van der Waals surface area contributed by atoms with Crippen LogP contribution in [-0.4, -0.2) is 25.0 Å². The number of carbonyl (C=O) groups excluding carboxylic acids is 1. The van der Waals surface area contributed by atoms with Crippen molar-refractivity contribution in [1.29, 1.82) is 0 Å². The molecule has 0 unspecified atom stereocenters. The smallest absolute Gasteiger partial charge is 0.254 e. The van der Waals surface area contributed by atoms with Gasteiger partial charge in [-0.15, -0.1) is 0 Å². The van der Waals surface area contributed by atoms with E-state index in [0.29, 0.717) is 41.5 Å². The summed E-state index contributed by atoms with van der Waals surface area (Å²) >= 11 is 0. The predicted octanol–water partition coefficient (Wildman–Crippen LogP) is 4.36. The second kappa shape index (κ2) is 8.11. The van der Waals surface area contributed by atoms with E-state index in [0.717, 1.165) is 23.0 Å². The van der Waals surface area contributed by atoms with Crippen molar-refractivity contribution in [3.63, 3.8) is 0 Å². The van der Waals surface area contributed by atoms with E-state index in [4.69, 9.17) is 5.73 Å². The fraction of sp³-hybridized carbons (Fsp3) is 0.320. The molecule has 174 valence electrons. The lowest BCUT2D eigenvalue weighted by Crippen LogP contribution is -2.32. The van der Waals surface area contributed by atoms with Gasteiger partial charge in [-0.25, -0.2) is 12.8 Å². The molecule has 0 fully saturated rings. The minimum atomic E-state index is -3.72. The maximum absolute atomic E-state index is 15.5. The van der Waals surface area contributed by atoms with Gasteiger partial charge in [-0.1, -0.05) is 24.3 Å². The first-order chi connectivity index (χ1) is 15.4.